The number of aromatic nitrogens is 1. The molecule has 1 aromatic heterocycles. The summed E-state index contributed by atoms with van der Waals surface area (Å²) in [6.07, 6.45) is 1.75. The first-order valence-electron chi connectivity index (χ1n) is 6.68. The van der Waals surface area contributed by atoms with Crippen molar-refractivity contribution in [2.24, 2.45) is 0 Å². The van der Waals surface area contributed by atoms with Crippen LogP contribution < -0.4 is 10.1 Å². The minimum atomic E-state index is 0.644. The molecule has 0 amide bonds. The molecule has 0 aliphatic rings. The van der Waals surface area contributed by atoms with Gasteiger partial charge in [0.05, 0.1) is 7.11 Å². The number of rotatable bonds is 4. The van der Waals surface area contributed by atoms with Crippen molar-refractivity contribution < 1.29 is 4.74 Å². The van der Waals surface area contributed by atoms with E-state index in [0.717, 1.165) is 27.0 Å². The van der Waals surface area contributed by atoms with Gasteiger partial charge in [-0.15, -0.1) is 0 Å². The van der Waals surface area contributed by atoms with Gasteiger partial charge < -0.3 is 10.1 Å². The van der Waals surface area contributed by atoms with Gasteiger partial charge in [-0.25, -0.2) is 4.98 Å². The Balaban J connectivity index is 1.84. The second kappa shape index (κ2) is 6.02. The molecule has 0 saturated heterocycles. The predicted octanol–water partition coefficient (Wildman–Crippen LogP) is 4.51. The second-order valence-corrected chi connectivity index (χ2v) is 5.11. The molecule has 0 atom stereocenters. The fraction of sp³-hybridized carbons (Fsp3) is 0.118. The Kier molecular flexibility index (Phi) is 3.93. The van der Waals surface area contributed by atoms with Crippen LogP contribution in [0.5, 0.6) is 5.88 Å². The molecular weight excluding hydrogens is 284 g/mol. The zero-order valence-electron chi connectivity index (χ0n) is 11.6. The summed E-state index contributed by atoms with van der Waals surface area (Å²) in [5.74, 6) is 0.644. The summed E-state index contributed by atoms with van der Waals surface area (Å²) in [6.45, 7) is 0.688. The number of anilines is 1. The zero-order valence-corrected chi connectivity index (χ0v) is 12.4. The van der Waals surface area contributed by atoms with Gasteiger partial charge in [0.1, 0.15) is 0 Å². The number of hydrogen-bond donors (Lipinski definition) is 1. The molecule has 21 heavy (non-hydrogen) atoms. The van der Waals surface area contributed by atoms with Crippen molar-refractivity contribution in [1.82, 2.24) is 4.98 Å². The van der Waals surface area contributed by atoms with Gasteiger partial charge in [-0.2, -0.15) is 0 Å². The summed E-state index contributed by atoms with van der Waals surface area (Å²) in [4.78, 5) is 4.20. The second-order valence-electron chi connectivity index (χ2n) is 4.70. The molecule has 4 heteroatoms. The molecular formula is C17H15ClN2O. The van der Waals surface area contributed by atoms with Crippen molar-refractivity contribution in [2.45, 2.75) is 6.54 Å². The van der Waals surface area contributed by atoms with Crippen molar-refractivity contribution in [1.29, 1.82) is 0 Å². The topological polar surface area (TPSA) is 34.1 Å². The number of nitrogens with zero attached hydrogens (tertiary/aromatic N) is 1. The highest BCUT2D eigenvalue weighted by molar-refractivity contribution is 6.31. The summed E-state index contributed by atoms with van der Waals surface area (Å²) in [5, 5.41) is 6.25. The van der Waals surface area contributed by atoms with Crippen LogP contribution in [0.1, 0.15) is 5.56 Å². The first kappa shape index (κ1) is 13.7. The third-order valence-electron chi connectivity index (χ3n) is 3.36. The highest BCUT2D eigenvalue weighted by Gasteiger charge is 2.04. The number of hydrogen-bond acceptors (Lipinski definition) is 3. The van der Waals surface area contributed by atoms with E-state index in [2.05, 4.69) is 16.4 Å². The molecule has 0 bridgehead atoms. The van der Waals surface area contributed by atoms with Crippen LogP contribution in [0.4, 0.5) is 5.69 Å². The maximum absolute atomic E-state index is 6.16. The Hall–Kier alpha value is -2.26. The van der Waals surface area contributed by atoms with Crippen LogP contribution in [0.15, 0.2) is 54.7 Å². The molecule has 3 nitrogen and oxygen atoms in total. The van der Waals surface area contributed by atoms with Crippen molar-refractivity contribution in [2.75, 3.05) is 12.4 Å². The summed E-state index contributed by atoms with van der Waals surface area (Å²) in [6, 6.07) is 15.9. The quantitative estimate of drug-likeness (QED) is 0.769. The Morgan fingerprint density at radius 2 is 2.00 bits per heavy atom. The van der Waals surface area contributed by atoms with E-state index in [4.69, 9.17) is 16.3 Å². The average molecular weight is 299 g/mol. The van der Waals surface area contributed by atoms with Gasteiger partial charge in [0.25, 0.3) is 0 Å². The van der Waals surface area contributed by atoms with E-state index in [1.807, 2.05) is 42.5 Å². The lowest BCUT2D eigenvalue weighted by atomic mass is 10.1. The molecule has 1 N–H and O–H groups in total. The molecule has 0 saturated carbocycles. The first-order chi connectivity index (χ1) is 10.3. The minimum Gasteiger partial charge on any atom is -0.481 e. The summed E-state index contributed by atoms with van der Waals surface area (Å²) < 4.78 is 5.26. The molecule has 0 fully saturated rings. The van der Waals surface area contributed by atoms with E-state index < -0.39 is 0 Å². The van der Waals surface area contributed by atoms with Gasteiger partial charge >= 0.3 is 0 Å². The van der Waals surface area contributed by atoms with Crippen molar-refractivity contribution in [3.63, 3.8) is 0 Å². The molecule has 0 unspecified atom stereocenters. The van der Waals surface area contributed by atoms with Crippen LogP contribution in [-0.2, 0) is 6.54 Å². The Morgan fingerprint density at radius 3 is 2.81 bits per heavy atom. The van der Waals surface area contributed by atoms with Gasteiger partial charge in [0.15, 0.2) is 0 Å². The molecule has 2 aromatic carbocycles. The lowest BCUT2D eigenvalue weighted by Crippen LogP contribution is -2.00. The zero-order chi connectivity index (χ0) is 14.7. The number of nitrogens with one attached hydrogen (secondary N) is 1. The first-order valence-corrected chi connectivity index (χ1v) is 7.06. The molecule has 0 aliphatic heterocycles. The van der Waals surface area contributed by atoms with Crippen LogP contribution in [0.3, 0.4) is 0 Å². The highest BCUT2D eigenvalue weighted by atomic mass is 35.5. The fourth-order valence-electron chi connectivity index (χ4n) is 2.26. The monoisotopic (exact) mass is 298 g/mol. The van der Waals surface area contributed by atoms with Crippen LogP contribution >= 0.6 is 11.6 Å². The smallest absolute Gasteiger partial charge is 0.221 e. The van der Waals surface area contributed by atoms with E-state index in [1.54, 1.807) is 13.3 Å². The third kappa shape index (κ3) is 2.93. The van der Waals surface area contributed by atoms with Gasteiger partial charge in [-0.3, -0.25) is 0 Å². The minimum absolute atomic E-state index is 0.644. The molecule has 106 valence electrons. The van der Waals surface area contributed by atoms with E-state index in [1.165, 1.54) is 0 Å². The lowest BCUT2D eigenvalue weighted by molar-refractivity contribution is 0.403. The standard InChI is InChI=1S/C17H15ClN2O/c1-21-17-15-7-6-14(10-12(15)8-9-19-17)20-11-13-4-2-3-5-16(13)18/h2-10,20H,11H2,1H3. The van der Waals surface area contributed by atoms with Crippen molar-refractivity contribution in [3.8, 4) is 5.88 Å². The van der Waals surface area contributed by atoms with Crippen LogP contribution in [0, 0.1) is 0 Å². The van der Waals surface area contributed by atoms with E-state index >= 15 is 0 Å². The molecule has 0 radical (unpaired) electrons. The molecule has 1 heterocycles. The van der Waals surface area contributed by atoms with Crippen molar-refractivity contribution >= 4 is 28.1 Å². The maximum atomic E-state index is 6.16. The summed E-state index contributed by atoms with van der Waals surface area (Å²) >= 11 is 6.16. The fourth-order valence-corrected chi connectivity index (χ4v) is 2.46. The SMILES string of the molecule is COc1nccc2cc(NCc3ccccc3Cl)ccc12. The third-order valence-corrected chi connectivity index (χ3v) is 3.73. The number of fused-ring (bicyclic) bond motifs is 1. The summed E-state index contributed by atoms with van der Waals surface area (Å²) in [7, 11) is 1.63. The van der Waals surface area contributed by atoms with Crippen LogP contribution in [-0.4, -0.2) is 12.1 Å². The molecule has 3 aromatic rings. The number of halogens is 1. The van der Waals surface area contributed by atoms with Gasteiger partial charge in [0.2, 0.25) is 5.88 Å². The number of ether oxygens (including phenoxy) is 1. The van der Waals surface area contributed by atoms with E-state index in [0.29, 0.717) is 12.4 Å². The predicted molar refractivity (Wildman–Crippen MR) is 87.1 cm³/mol. The van der Waals surface area contributed by atoms with Gasteiger partial charge in [-0.1, -0.05) is 29.8 Å². The van der Waals surface area contributed by atoms with Crippen LogP contribution in [0.2, 0.25) is 5.02 Å². The number of methoxy groups -OCH3 is 1. The number of benzene rings is 2. The molecule has 3 rings (SSSR count). The van der Waals surface area contributed by atoms with E-state index in [-0.39, 0.29) is 0 Å². The normalized spacial score (nSPS) is 10.6. The van der Waals surface area contributed by atoms with Gasteiger partial charge in [-0.05, 0) is 41.3 Å². The Labute approximate surface area is 128 Å². The largest absolute Gasteiger partial charge is 0.481 e. The van der Waals surface area contributed by atoms with Gasteiger partial charge in [0, 0.05) is 28.8 Å². The number of pyridine rings is 1. The Morgan fingerprint density at radius 1 is 1.14 bits per heavy atom. The highest BCUT2D eigenvalue weighted by Crippen LogP contribution is 2.26. The summed E-state index contributed by atoms with van der Waals surface area (Å²) in [5.41, 5.74) is 2.11. The molecule has 0 aliphatic carbocycles. The van der Waals surface area contributed by atoms with Crippen LogP contribution in [0.25, 0.3) is 10.8 Å². The Bertz CT molecular complexity index is 774. The van der Waals surface area contributed by atoms with E-state index in [9.17, 15) is 0 Å². The lowest BCUT2D eigenvalue weighted by Gasteiger charge is -2.10. The maximum Gasteiger partial charge on any atom is 0.221 e. The van der Waals surface area contributed by atoms with Crippen molar-refractivity contribution in [3.05, 3.63) is 65.3 Å². The average Bonchev–Trinajstić information content (AvgIpc) is 2.53. The molecule has 0 spiro atoms.